The molecule has 8 heteroatoms. The minimum atomic E-state index is -0.853. The van der Waals surface area contributed by atoms with Crippen molar-refractivity contribution in [1.29, 1.82) is 0 Å². The van der Waals surface area contributed by atoms with E-state index >= 15 is 4.39 Å². The van der Waals surface area contributed by atoms with Gasteiger partial charge in [-0.3, -0.25) is 9.36 Å². The van der Waals surface area contributed by atoms with Crippen LogP contribution in [-0.4, -0.2) is 27.7 Å². The van der Waals surface area contributed by atoms with Gasteiger partial charge in [0.1, 0.15) is 24.3 Å². The van der Waals surface area contributed by atoms with E-state index in [-0.39, 0.29) is 42.1 Å². The lowest BCUT2D eigenvalue weighted by Crippen LogP contribution is -2.38. The second-order valence-corrected chi connectivity index (χ2v) is 11.3. The van der Waals surface area contributed by atoms with Gasteiger partial charge in [0.25, 0.3) is 0 Å². The third-order valence-electron chi connectivity index (χ3n) is 8.29. The van der Waals surface area contributed by atoms with E-state index in [4.69, 9.17) is 21.1 Å². The van der Waals surface area contributed by atoms with Gasteiger partial charge in [-0.1, -0.05) is 116 Å². The largest absolute Gasteiger partial charge is 0.493 e. The molecule has 4 aromatic carbocycles. The number of carbonyl (C=O) groups excluding carboxylic acids is 1. The molecule has 0 amide bonds. The van der Waals surface area contributed by atoms with E-state index in [1.165, 1.54) is 13.2 Å². The number of methoxy groups -OCH3 is 1. The average Bonchev–Trinajstić information content (AvgIpc) is 3.52. The Morgan fingerprint density at radius 3 is 2.05 bits per heavy atom. The minimum absolute atomic E-state index is 0.0141. The number of nitrogens with zero attached hydrogens (tertiary/aromatic N) is 3. The van der Waals surface area contributed by atoms with E-state index in [2.05, 4.69) is 46.6 Å². The van der Waals surface area contributed by atoms with Gasteiger partial charge in [0, 0.05) is 23.3 Å². The Hall–Kier alpha value is -4.75. The summed E-state index contributed by atoms with van der Waals surface area (Å²) in [6, 6.07) is 33.5. The molecule has 0 aliphatic heterocycles. The van der Waals surface area contributed by atoms with Gasteiger partial charge in [-0.15, -0.1) is 10.2 Å². The summed E-state index contributed by atoms with van der Waals surface area (Å²) in [6.45, 7) is 1.73. The van der Waals surface area contributed by atoms with Crippen LogP contribution in [0, 0.1) is 11.7 Å². The highest BCUT2D eigenvalue weighted by Gasteiger charge is 2.40. The third kappa shape index (κ3) is 5.28. The van der Waals surface area contributed by atoms with Crippen LogP contribution in [0.2, 0.25) is 0 Å². The third-order valence-corrected chi connectivity index (χ3v) is 8.55. The molecular weight excluding hydrogens is 577 g/mol. The number of halogens is 2. The van der Waals surface area contributed by atoms with Crippen molar-refractivity contribution in [2.24, 2.45) is 5.92 Å². The zero-order chi connectivity index (χ0) is 30.7. The smallest absolute Gasteiger partial charge is 0.197 e. The van der Waals surface area contributed by atoms with Crippen molar-refractivity contribution in [2.45, 2.75) is 31.4 Å². The number of hydrogen-bond donors (Lipinski definition) is 0. The molecule has 1 aliphatic rings. The van der Waals surface area contributed by atoms with Crippen LogP contribution >= 0.6 is 11.6 Å². The molecule has 0 bridgehead atoms. The second kappa shape index (κ2) is 12.5. The Labute approximate surface area is 260 Å². The SMILES string of the molecule is COc1cc(C2C=C(Cl)CC(=O)C2C)cc(F)c1OCc1nncn1C(c1ccccc1)(c1ccccc1)c1ccccc1. The van der Waals surface area contributed by atoms with Gasteiger partial charge in [-0.2, -0.15) is 0 Å². The fraction of sp³-hybridized carbons (Fsp3) is 0.194. The Kier molecular flexibility index (Phi) is 8.31. The van der Waals surface area contributed by atoms with E-state index in [0.717, 1.165) is 16.7 Å². The highest BCUT2D eigenvalue weighted by atomic mass is 35.5. The van der Waals surface area contributed by atoms with Crippen LogP contribution in [0.1, 0.15) is 47.3 Å². The number of hydrogen-bond acceptors (Lipinski definition) is 5. The Bertz CT molecular complexity index is 1700. The first-order valence-electron chi connectivity index (χ1n) is 14.4. The summed E-state index contributed by atoms with van der Waals surface area (Å²) in [6.07, 6.45) is 3.68. The summed E-state index contributed by atoms with van der Waals surface area (Å²) in [5.41, 5.74) is 2.72. The number of ketones is 1. The monoisotopic (exact) mass is 607 g/mol. The fourth-order valence-electron chi connectivity index (χ4n) is 6.11. The first-order valence-corrected chi connectivity index (χ1v) is 14.8. The molecule has 6 nitrogen and oxygen atoms in total. The van der Waals surface area contributed by atoms with E-state index in [1.54, 1.807) is 18.5 Å². The van der Waals surface area contributed by atoms with Crippen molar-refractivity contribution in [3.05, 3.63) is 154 Å². The predicted molar refractivity (Wildman–Crippen MR) is 167 cm³/mol. The molecule has 1 aromatic heterocycles. The van der Waals surface area contributed by atoms with E-state index < -0.39 is 11.4 Å². The summed E-state index contributed by atoms with van der Waals surface area (Å²) in [4.78, 5) is 12.5. The van der Waals surface area contributed by atoms with Crippen LogP contribution in [0.15, 0.2) is 121 Å². The number of allylic oxidation sites excluding steroid dienone is 2. The lowest BCUT2D eigenvalue weighted by molar-refractivity contribution is -0.122. The molecule has 1 heterocycles. The Morgan fingerprint density at radius 2 is 1.50 bits per heavy atom. The van der Waals surface area contributed by atoms with Gasteiger partial charge in [0.15, 0.2) is 23.1 Å². The molecular formula is C36H31ClFN3O3. The van der Waals surface area contributed by atoms with Crippen molar-refractivity contribution in [3.8, 4) is 11.5 Å². The first-order chi connectivity index (χ1) is 21.4. The highest BCUT2D eigenvalue weighted by Crippen LogP contribution is 2.43. The molecule has 1 aliphatic carbocycles. The Morgan fingerprint density at radius 1 is 0.932 bits per heavy atom. The van der Waals surface area contributed by atoms with Crippen LogP contribution in [0.3, 0.4) is 0 Å². The summed E-state index contributed by atoms with van der Waals surface area (Å²) in [7, 11) is 1.46. The van der Waals surface area contributed by atoms with E-state index in [9.17, 15) is 4.79 Å². The number of benzene rings is 4. The molecule has 0 saturated heterocycles. The van der Waals surface area contributed by atoms with Crippen molar-refractivity contribution in [3.63, 3.8) is 0 Å². The lowest BCUT2D eigenvalue weighted by atomic mass is 9.76. The van der Waals surface area contributed by atoms with Crippen LogP contribution < -0.4 is 9.47 Å². The number of rotatable bonds is 9. The maximum absolute atomic E-state index is 15.7. The van der Waals surface area contributed by atoms with Crippen molar-refractivity contribution in [1.82, 2.24) is 14.8 Å². The fourth-order valence-corrected chi connectivity index (χ4v) is 6.38. The number of carbonyl (C=O) groups is 1. The van der Waals surface area contributed by atoms with Gasteiger partial charge in [0.2, 0.25) is 0 Å². The number of Topliss-reactive ketones (excluding diaryl/α,β-unsaturated/α-hetero) is 1. The van der Waals surface area contributed by atoms with Crippen LogP contribution in [-0.2, 0) is 16.9 Å². The quantitative estimate of drug-likeness (QED) is 0.161. The minimum Gasteiger partial charge on any atom is -0.493 e. The molecule has 2 unspecified atom stereocenters. The highest BCUT2D eigenvalue weighted by molar-refractivity contribution is 6.31. The average molecular weight is 608 g/mol. The van der Waals surface area contributed by atoms with Crippen LogP contribution in [0.25, 0.3) is 0 Å². The second-order valence-electron chi connectivity index (χ2n) is 10.8. The maximum atomic E-state index is 15.7. The number of aromatic nitrogens is 3. The van der Waals surface area contributed by atoms with Gasteiger partial charge < -0.3 is 9.47 Å². The van der Waals surface area contributed by atoms with E-state index in [0.29, 0.717) is 16.4 Å². The number of ether oxygens (including phenoxy) is 2. The zero-order valence-electron chi connectivity index (χ0n) is 24.4. The molecule has 222 valence electrons. The lowest BCUT2D eigenvalue weighted by Gasteiger charge is -2.38. The standard InChI is InChI=1S/C36H31ClFN3O3/c1-24-30(20-29(37)21-32(24)42)25-18-31(38)35(33(19-25)43-2)44-22-34-40-39-23-41(34)36(26-12-6-3-7-13-26,27-14-8-4-9-15-27)28-16-10-5-11-17-28/h3-20,23-24,30H,21-22H2,1-2H3. The summed E-state index contributed by atoms with van der Waals surface area (Å²) < 4.78 is 29.4. The van der Waals surface area contributed by atoms with E-state index in [1.807, 2.05) is 66.1 Å². The zero-order valence-corrected chi connectivity index (χ0v) is 25.1. The topological polar surface area (TPSA) is 66.2 Å². The van der Waals surface area contributed by atoms with Crippen molar-refractivity contribution in [2.75, 3.05) is 7.11 Å². The summed E-state index contributed by atoms with van der Waals surface area (Å²) in [5.74, 6) is -0.669. The molecule has 0 spiro atoms. The maximum Gasteiger partial charge on any atom is 0.197 e. The van der Waals surface area contributed by atoms with Crippen molar-refractivity contribution < 1.29 is 18.7 Å². The van der Waals surface area contributed by atoms with Gasteiger partial charge in [-0.25, -0.2) is 4.39 Å². The first kappa shape index (κ1) is 29.3. The van der Waals surface area contributed by atoms with Gasteiger partial charge in [-0.05, 0) is 34.4 Å². The molecule has 0 saturated carbocycles. The molecule has 44 heavy (non-hydrogen) atoms. The van der Waals surface area contributed by atoms with Crippen molar-refractivity contribution >= 4 is 17.4 Å². The normalized spacial score (nSPS) is 16.8. The van der Waals surface area contributed by atoms with Crippen LogP contribution in [0.5, 0.6) is 11.5 Å². The van der Waals surface area contributed by atoms with Crippen LogP contribution in [0.4, 0.5) is 4.39 Å². The molecule has 0 fully saturated rings. The molecule has 2 atom stereocenters. The molecule has 0 N–H and O–H groups in total. The molecule has 6 rings (SSSR count). The summed E-state index contributed by atoms with van der Waals surface area (Å²) >= 11 is 6.23. The predicted octanol–water partition coefficient (Wildman–Crippen LogP) is 7.66. The van der Waals surface area contributed by atoms with Gasteiger partial charge in [0.05, 0.1) is 7.11 Å². The molecule has 5 aromatic rings. The van der Waals surface area contributed by atoms with Gasteiger partial charge >= 0.3 is 0 Å². The molecule has 0 radical (unpaired) electrons. The Balaban J connectivity index is 1.42. The summed E-state index contributed by atoms with van der Waals surface area (Å²) in [5, 5.41) is 9.19.